The Morgan fingerprint density at radius 1 is 0.220 bits per heavy atom. The molecule has 0 fully saturated rings. The predicted octanol–water partition coefficient (Wildman–Crippen LogP) is 30.7. The van der Waals surface area contributed by atoms with E-state index in [2.05, 4.69) is 457 Å². The Labute approximate surface area is 727 Å². The fourth-order valence-corrected chi connectivity index (χ4v) is 20.0. The fraction of sp³-hybridized carbons (Fsp3) is 0.276. The van der Waals surface area contributed by atoms with Crippen molar-refractivity contribution >= 4 is 145 Å². The van der Waals surface area contributed by atoms with E-state index in [1.54, 1.807) is 0 Å². The van der Waals surface area contributed by atoms with E-state index < -0.39 is 0 Å². The van der Waals surface area contributed by atoms with Crippen LogP contribution in [0.4, 0.5) is 34.1 Å². The molecule has 18 aromatic rings. The molecule has 0 N–H and O–H groups in total. The van der Waals surface area contributed by atoms with E-state index in [1.807, 2.05) is 0 Å². The number of hydrogen-bond acceptors (Lipinski definition) is 3. The molecule has 0 saturated heterocycles. The molecule has 0 atom stereocenters. The van der Waals surface area contributed by atoms with Gasteiger partial charge in [-0.15, -0.1) is 0 Å². The van der Waals surface area contributed by atoms with Gasteiger partial charge in [-0.05, 0) is 249 Å². The zero-order valence-corrected chi connectivity index (χ0v) is 76.6. The van der Waals surface area contributed by atoms with Gasteiger partial charge < -0.3 is 27.9 Å². The summed E-state index contributed by atoms with van der Waals surface area (Å²) in [5.74, 6) is 0. The molecule has 0 aliphatic carbocycles. The van der Waals surface area contributed by atoms with Gasteiger partial charge in [0.25, 0.3) is 6.71 Å². The van der Waals surface area contributed by atoms with Gasteiger partial charge >= 0.3 is 0 Å². The van der Waals surface area contributed by atoms with Gasteiger partial charge in [0.2, 0.25) is 0 Å². The summed E-state index contributed by atoms with van der Waals surface area (Å²) >= 11 is 0. The summed E-state index contributed by atoms with van der Waals surface area (Å²) in [6, 6.07) is 105. The number of rotatable bonds is 7. The lowest BCUT2D eigenvalue weighted by Gasteiger charge is -2.46. The number of anilines is 6. The van der Waals surface area contributed by atoms with Crippen molar-refractivity contribution in [2.75, 3.05) is 9.80 Å². The second-order valence-electron chi connectivity index (χ2n) is 44.0. The number of fused-ring (bicyclic) bond motifs is 16. The molecule has 7 heteroatoms. The smallest absolute Gasteiger partial charge is 0.252 e. The number of hydrogen-bond donors (Lipinski definition) is 0. The van der Waals surface area contributed by atoms with Crippen molar-refractivity contribution in [3.8, 4) is 39.3 Å². The first-order valence-corrected chi connectivity index (χ1v) is 44.7. The molecule has 20 rings (SSSR count). The molecule has 614 valence electrons. The minimum absolute atomic E-state index is 0.0589. The quantitative estimate of drug-likeness (QED) is 0.149. The van der Waals surface area contributed by atoms with Crippen LogP contribution in [0.15, 0.2) is 271 Å². The highest BCUT2D eigenvalue weighted by molar-refractivity contribution is 7.00. The van der Waals surface area contributed by atoms with Crippen molar-refractivity contribution in [1.29, 1.82) is 0 Å². The summed E-state index contributed by atoms with van der Waals surface area (Å²) in [5, 5.41) is 9.61. The van der Waals surface area contributed by atoms with Crippen LogP contribution in [-0.2, 0) is 43.3 Å². The summed E-state index contributed by atoms with van der Waals surface area (Å²) in [4.78, 5) is 5.39. The third-order valence-electron chi connectivity index (χ3n) is 27.2. The Bertz CT molecular complexity index is 7160. The van der Waals surface area contributed by atoms with E-state index in [0.717, 1.165) is 106 Å². The van der Waals surface area contributed by atoms with Gasteiger partial charge in [0.1, 0.15) is 0 Å². The van der Waals surface area contributed by atoms with Crippen LogP contribution in [0.5, 0.6) is 0 Å². The maximum absolute atomic E-state index is 8.06. The van der Waals surface area contributed by atoms with Crippen LogP contribution in [0.2, 0.25) is 0 Å². The van der Waals surface area contributed by atoms with E-state index in [-0.39, 0.29) is 50.0 Å². The van der Waals surface area contributed by atoms with Crippen molar-refractivity contribution in [3.05, 3.63) is 311 Å². The van der Waals surface area contributed by atoms with E-state index >= 15 is 0 Å². The topological polar surface area (TPSA) is 34.4 Å². The lowest BCUT2D eigenvalue weighted by molar-refractivity contribution is 0.590. The predicted molar refractivity (Wildman–Crippen MR) is 531 cm³/mol. The summed E-state index contributed by atoms with van der Waals surface area (Å²) in [7, 11) is 0. The molecule has 123 heavy (non-hydrogen) atoms. The first kappa shape index (κ1) is 79.4. The third kappa shape index (κ3) is 12.8. The molecule has 2 aliphatic rings. The SMILES string of the molecule is CC(C)(C)c1cc(-c2ccccc2)c(N2c3cc(-n4c5ccc(C(C)(C)C)cc5c5cc(C(C)(C)C)ccc54)ccc3B3c4ccc(-n5c6ccc(C(C)(C)C)cc6c6cc(C(C)(C)C)ccc65)cc4N(c4cccc5c4oc4c(-n6c7ccc(C(C)(C)C)cc7c7cc(C(C)(C)C)ccc76)cccc45)c4cc(C(C)(C)C)cc2c43)c(-c2ccccc2)c1. The van der Waals surface area contributed by atoms with Crippen molar-refractivity contribution < 1.29 is 4.42 Å². The van der Waals surface area contributed by atoms with Crippen molar-refractivity contribution in [2.24, 2.45) is 0 Å². The molecule has 0 amide bonds. The molecule has 6 nitrogen and oxygen atoms in total. The monoisotopic (exact) mass is 1610 g/mol. The number of aromatic nitrogens is 3. The summed E-state index contributed by atoms with van der Waals surface area (Å²) in [5.41, 5.74) is 36.0. The molecule has 6 heterocycles. The minimum atomic E-state index is -0.366. The Hall–Kier alpha value is -12.1. The average molecular weight is 1610 g/mol. The van der Waals surface area contributed by atoms with E-state index in [1.165, 1.54) is 115 Å². The maximum atomic E-state index is 8.06. The van der Waals surface area contributed by atoms with Crippen LogP contribution < -0.4 is 26.2 Å². The summed E-state index contributed by atoms with van der Waals surface area (Å²) in [6.07, 6.45) is 0. The number of furan rings is 1. The third-order valence-corrected chi connectivity index (χ3v) is 27.2. The van der Waals surface area contributed by atoms with Crippen LogP contribution in [0, 0.1) is 0 Å². The first-order valence-electron chi connectivity index (χ1n) is 44.7. The van der Waals surface area contributed by atoms with E-state index in [9.17, 15) is 0 Å². The van der Waals surface area contributed by atoms with Gasteiger partial charge in [0.05, 0.1) is 50.2 Å². The molecule has 0 unspecified atom stereocenters. The lowest BCUT2D eigenvalue weighted by atomic mass is 9.33. The largest absolute Gasteiger partial charge is 0.452 e. The van der Waals surface area contributed by atoms with Gasteiger partial charge in [0, 0.05) is 88.3 Å². The molecule has 0 radical (unpaired) electrons. The molecule has 0 saturated carbocycles. The Balaban J connectivity index is 0.931. The van der Waals surface area contributed by atoms with Crippen LogP contribution in [0.1, 0.15) is 211 Å². The lowest BCUT2D eigenvalue weighted by Crippen LogP contribution is -2.61. The molecular formula is C116H116BN5O. The Morgan fingerprint density at radius 3 is 0.862 bits per heavy atom. The number of nitrogens with zero attached hydrogens (tertiary/aromatic N) is 5. The van der Waals surface area contributed by atoms with Gasteiger partial charge in [-0.1, -0.05) is 300 Å². The van der Waals surface area contributed by atoms with Crippen molar-refractivity contribution in [2.45, 2.75) is 209 Å². The molecule has 14 aromatic carbocycles. The van der Waals surface area contributed by atoms with Crippen LogP contribution >= 0.6 is 0 Å². The second-order valence-corrected chi connectivity index (χ2v) is 44.0. The van der Waals surface area contributed by atoms with E-state index in [4.69, 9.17) is 4.42 Å². The summed E-state index contributed by atoms with van der Waals surface area (Å²) < 4.78 is 15.7. The fourth-order valence-electron chi connectivity index (χ4n) is 20.0. The van der Waals surface area contributed by atoms with Gasteiger partial charge in [0.15, 0.2) is 11.2 Å². The Morgan fingerprint density at radius 2 is 0.520 bits per heavy atom. The standard InChI is InChI=1S/C116H116BN5O/c1-109(2,3)71-41-51-93-85(57-71)86-58-72(110(4,5)6)42-52-94(86)118(93)79-47-49-91-101(67-79)121(100-40-32-38-82-81-37-31-39-99(107(81)123-108(82)100)120-97-55-45-75(113(13,14)15)61-89(97)90-62-76(114(16,17)18)46-56-98(90)120)103-65-78(116(22,23)24)66-104-105(103)117(91)92-50-48-80(119-95-53-43-73(111(7,8)9)59-87(95)88-60-74(112(10,11)12)44-54-96(88)119)68-102(92)122(104)106-83(69-33-27-25-28-34-69)63-77(115(19,20)21)64-84(106)70-35-29-26-30-36-70/h25-68H,1-24H3. The number of benzene rings is 14. The van der Waals surface area contributed by atoms with Crippen LogP contribution in [0.3, 0.4) is 0 Å². The highest BCUT2D eigenvalue weighted by Gasteiger charge is 2.47. The second kappa shape index (κ2) is 27.2. The maximum Gasteiger partial charge on any atom is 0.252 e. The van der Waals surface area contributed by atoms with Gasteiger partial charge in [-0.2, -0.15) is 0 Å². The molecule has 4 aromatic heterocycles. The highest BCUT2D eigenvalue weighted by Crippen LogP contribution is 2.56. The van der Waals surface area contributed by atoms with Crippen molar-refractivity contribution in [1.82, 2.24) is 13.7 Å². The number of para-hydroxylation sites is 2. The van der Waals surface area contributed by atoms with Crippen molar-refractivity contribution in [3.63, 3.8) is 0 Å². The minimum Gasteiger partial charge on any atom is -0.452 e. The molecule has 0 spiro atoms. The molecular weight excluding hydrogens is 1490 g/mol. The normalized spacial score (nSPS) is 13.8. The zero-order valence-electron chi connectivity index (χ0n) is 76.6. The van der Waals surface area contributed by atoms with Gasteiger partial charge in [-0.25, -0.2) is 0 Å². The van der Waals surface area contributed by atoms with Gasteiger partial charge in [-0.3, -0.25) is 0 Å². The zero-order chi connectivity index (χ0) is 86.4. The van der Waals surface area contributed by atoms with Crippen LogP contribution in [0.25, 0.3) is 127 Å². The molecule has 0 bridgehead atoms. The van der Waals surface area contributed by atoms with E-state index in [0.29, 0.717) is 0 Å². The highest BCUT2D eigenvalue weighted by atomic mass is 16.3. The molecule has 2 aliphatic heterocycles. The first-order chi connectivity index (χ1) is 58.1. The summed E-state index contributed by atoms with van der Waals surface area (Å²) in [6.45, 7) is 56.0. The average Bonchev–Trinajstić information content (AvgIpc) is 1.59. The Kier molecular flexibility index (Phi) is 17.6. The van der Waals surface area contributed by atoms with Crippen LogP contribution in [-0.4, -0.2) is 20.4 Å².